The van der Waals surface area contributed by atoms with Gasteiger partial charge in [-0.15, -0.1) is 0 Å². The van der Waals surface area contributed by atoms with E-state index in [0.29, 0.717) is 6.04 Å². The Balaban J connectivity index is 1.86. The summed E-state index contributed by atoms with van der Waals surface area (Å²) in [5, 5.41) is 9.23. The molecule has 0 spiro atoms. The predicted molar refractivity (Wildman–Crippen MR) is 60.7 cm³/mol. The third kappa shape index (κ3) is 2.50. The second-order valence-corrected chi connectivity index (χ2v) is 5.26. The van der Waals surface area contributed by atoms with Crippen molar-refractivity contribution in [3.63, 3.8) is 0 Å². The summed E-state index contributed by atoms with van der Waals surface area (Å²) in [5.41, 5.74) is 5.80. The normalized spacial score (nSPS) is 39.8. The van der Waals surface area contributed by atoms with Crippen LogP contribution in [0, 0.1) is 0 Å². The zero-order valence-corrected chi connectivity index (χ0v) is 9.65. The molecule has 2 atom stereocenters. The van der Waals surface area contributed by atoms with E-state index in [9.17, 15) is 5.11 Å². The van der Waals surface area contributed by atoms with E-state index < -0.39 is 0 Å². The Morgan fingerprint density at radius 3 is 2.53 bits per heavy atom. The van der Waals surface area contributed by atoms with Crippen LogP contribution in [0.2, 0.25) is 0 Å². The lowest BCUT2D eigenvalue weighted by Crippen LogP contribution is -2.50. The predicted octanol–water partition coefficient (Wildman–Crippen LogP) is -0.524. The van der Waals surface area contributed by atoms with Crippen molar-refractivity contribution in [3.05, 3.63) is 0 Å². The summed E-state index contributed by atoms with van der Waals surface area (Å²) >= 11 is 0. The minimum absolute atomic E-state index is 0.136. The van der Waals surface area contributed by atoms with E-state index in [0.717, 1.165) is 45.4 Å². The first-order valence-corrected chi connectivity index (χ1v) is 5.95. The molecule has 0 aromatic rings. The number of nitrogens with two attached hydrogens (primary N) is 1. The summed E-state index contributed by atoms with van der Waals surface area (Å²) in [5.74, 6) is 0. The molecule has 2 fully saturated rings. The monoisotopic (exact) mass is 213 g/mol. The fourth-order valence-corrected chi connectivity index (χ4v) is 2.77. The molecule has 1 saturated carbocycles. The lowest BCUT2D eigenvalue weighted by atomic mass is 10.0. The summed E-state index contributed by atoms with van der Waals surface area (Å²) in [7, 11) is 2.17. The Morgan fingerprint density at radius 1 is 1.33 bits per heavy atom. The number of piperazine rings is 1. The SMILES string of the molecule is CN1CCN(C2CCC(N)(CO)C2)CC1. The number of hydrogen-bond donors (Lipinski definition) is 2. The van der Waals surface area contributed by atoms with Crippen molar-refractivity contribution in [1.82, 2.24) is 9.80 Å². The van der Waals surface area contributed by atoms with Crippen molar-refractivity contribution in [2.45, 2.75) is 30.8 Å². The summed E-state index contributed by atoms with van der Waals surface area (Å²) < 4.78 is 0. The highest BCUT2D eigenvalue weighted by atomic mass is 16.3. The highest BCUT2D eigenvalue weighted by Crippen LogP contribution is 2.31. The van der Waals surface area contributed by atoms with E-state index in [4.69, 9.17) is 5.73 Å². The molecule has 1 aliphatic carbocycles. The number of nitrogens with zero attached hydrogens (tertiary/aromatic N) is 2. The summed E-state index contributed by atoms with van der Waals surface area (Å²) in [4.78, 5) is 4.91. The third-order valence-electron chi connectivity index (χ3n) is 3.99. The minimum Gasteiger partial charge on any atom is -0.394 e. The fourth-order valence-electron chi connectivity index (χ4n) is 2.77. The van der Waals surface area contributed by atoms with Crippen molar-refractivity contribution in [2.24, 2.45) is 5.73 Å². The van der Waals surface area contributed by atoms with E-state index in [1.807, 2.05) is 0 Å². The standard InChI is InChI=1S/C11H23N3O/c1-13-4-6-14(7-5-13)10-2-3-11(12,8-10)9-15/h10,15H,2-9,12H2,1H3. The van der Waals surface area contributed by atoms with Crippen molar-refractivity contribution in [2.75, 3.05) is 39.8 Å². The second-order valence-electron chi connectivity index (χ2n) is 5.26. The van der Waals surface area contributed by atoms with Crippen LogP contribution >= 0.6 is 0 Å². The largest absolute Gasteiger partial charge is 0.394 e. The van der Waals surface area contributed by atoms with Gasteiger partial charge in [-0.25, -0.2) is 0 Å². The highest BCUT2D eigenvalue weighted by Gasteiger charge is 2.38. The van der Waals surface area contributed by atoms with Gasteiger partial charge < -0.3 is 15.7 Å². The number of hydrogen-bond acceptors (Lipinski definition) is 4. The van der Waals surface area contributed by atoms with E-state index in [-0.39, 0.29) is 12.1 Å². The zero-order chi connectivity index (χ0) is 10.9. The van der Waals surface area contributed by atoms with Gasteiger partial charge in [-0.2, -0.15) is 0 Å². The zero-order valence-electron chi connectivity index (χ0n) is 9.65. The Bertz CT molecular complexity index is 216. The van der Waals surface area contributed by atoms with Crippen LogP contribution in [0.15, 0.2) is 0 Å². The van der Waals surface area contributed by atoms with Gasteiger partial charge in [0.25, 0.3) is 0 Å². The Kier molecular flexibility index (Phi) is 3.30. The van der Waals surface area contributed by atoms with Crippen LogP contribution < -0.4 is 5.73 Å². The molecule has 2 aliphatic rings. The van der Waals surface area contributed by atoms with Crippen LogP contribution in [0.1, 0.15) is 19.3 Å². The maximum absolute atomic E-state index is 9.23. The van der Waals surface area contributed by atoms with E-state index >= 15 is 0 Å². The summed E-state index contributed by atoms with van der Waals surface area (Å²) in [6, 6.07) is 0.607. The molecule has 0 radical (unpaired) electrons. The average molecular weight is 213 g/mol. The third-order valence-corrected chi connectivity index (χ3v) is 3.99. The molecule has 1 saturated heterocycles. The average Bonchev–Trinajstić information content (AvgIpc) is 2.63. The van der Waals surface area contributed by atoms with Crippen LogP contribution in [0.5, 0.6) is 0 Å². The number of rotatable bonds is 2. The van der Waals surface area contributed by atoms with Gasteiger partial charge in [0.1, 0.15) is 0 Å². The molecule has 2 rings (SSSR count). The lowest BCUT2D eigenvalue weighted by molar-refractivity contribution is 0.106. The number of aliphatic hydroxyl groups excluding tert-OH is 1. The molecular weight excluding hydrogens is 190 g/mol. The molecule has 1 heterocycles. The van der Waals surface area contributed by atoms with E-state index in [2.05, 4.69) is 16.8 Å². The quantitative estimate of drug-likeness (QED) is 0.648. The van der Waals surface area contributed by atoms with Gasteiger partial charge in [0.15, 0.2) is 0 Å². The first kappa shape index (κ1) is 11.3. The molecule has 4 nitrogen and oxygen atoms in total. The van der Waals surface area contributed by atoms with Crippen molar-refractivity contribution < 1.29 is 5.11 Å². The van der Waals surface area contributed by atoms with Gasteiger partial charge in [-0.1, -0.05) is 0 Å². The number of likely N-dealkylation sites (N-methyl/N-ethyl adjacent to an activating group) is 1. The maximum atomic E-state index is 9.23. The molecule has 4 heteroatoms. The Morgan fingerprint density at radius 2 is 2.00 bits per heavy atom. The first-order valence-electron chi connectivity index (χ1n) is 5.95. The van der Waals surface area contributed by atoms with Gasteiger partial charge in [0.05, 0.1) is 6.61 Å². The molecule has 3 N–H and O–H groups in total. The Hall–Kier alpha value is -0.160. The van der Waals surface area contributed by atoms with Gasteiger partial charge in [-0.05, 0) is 26.3 Å². The molecule has 0 amide bonds. The second kappa shape index (κ2) is 4.37. The fraction of sp³-hybridized carbons (Fsp3) is 1.00. The van der Waals surface area contributed by atoms with Crippen LogP contribution in [-0.4, -0.2) is 66.3 Å². The van der Waals surface area contributed by atoms with Crippen LogP contribution in [0.4, 0.5) is 0 Å². The molecule has 1 aliphatic heterocycles. The van der Waals surface area contributed by atoms with Gasteiger partial charge in [0, 0.05) is 37.8 Å². The van der Waals surface area contributed by atoms with Crippen LogP contribution in [0.3, 0.4) is 0 Å². The number of aliphatic hydroxyl groups is 1. The topological polar surface area (TPSA) is 52.7 Å². The lowest BCUT2D eigenvalue weighted by Gasteiger charge is -2.37. The molecule has 0 aromatic carbocycles. The minimum atomic E-state index is -0.298. The smallest absolute Gasteiger partial charge is 0.0611 e. The molecular formula is C11H23N3O. The molecule has 0 bridgehead atoms. The van der Waals surface area contributed by atoms with Crippen LogP contribution in [0.25, 0.3) is 0 Å². The van der Waals surface area contributed by atoms with E-state index in [1.54, 1.807) is 0 Å². The molecule has 0 aromatic heterocycles. The Labute approximate surface area is 92.0 Å². The molecule has 88 valence electrons. The van der Waals surface area contributed by atoms with Crippen molar-refractivity contribution >= 4 is 0 Å². The highest BCUT2D eigenvalue weighted by molar-refractivity contribution is 4.97. The van der Waals surface area contributed by atoms with Gasteiger partial charge >= 0.3 is 0 Å². The van der Waals surface area contributed by atoms with Gasteiger partial charge in [0.2, 0.25) is 0 Å². The van der Waals surface area contributed by atoms with Crippen molar-refractivity contribution in [3.8, 4) is 0 Å². The van der Waals surface area contributed by atoms with Crippen molar-refractivity contribution in [1.29, 1.82) is 0 Å². The maximum Gasteiger partial charge on any atom is 0.0611 e. The van der Waals surface area contributed by atoms with Gasteiger partial charge in [-0.3, -0.25) is 4.90 Å². The summed E-state index contributed by atoms with van der Waals surface area (Å²) in [6.07, 6.45) is 3.09. The summed E-state index contributed by atoms with van der Waals surface area (Å²) in [6.45, 7) is 4.77. The van der Waals surface area contributed by atoms with E-state index in [1.165, 1.54) is 0 Å². The van der Waals surface area contributed by atoms with Crippen LogP contribution in [-0.2, 0) is 0 Å². The molecule has 2 unspecified atom stereocenters. The molecule has 15 heavy (non-hydrogen) atoms. The first-order chi connectivity index (χ1) is 7.13.